The molecule has 0 heterocycles. The number of rotatable bonds is 6. The Balaban J connectivity index is 3.93. The highest BCUT2D eigenvalue weighted by Crippen LogP contribution is 2.08. The zero-order valence-electron chi connectivity index (χ0n) is 10.3. The van der Waals surface area contributed by atoms with Crippen LogP contribution in [0.2, 0.25) is 0 Å². The van der Waals surface area contributed by atoms with Crippen molar-refractivity contribution < 1.29 is 4.79 Å². The maximum absolute atomic E-state index is 10.6. The first kappa shape index (κ1) is 13.9. The highest BCUT2D eigenvalue weighted by atomic mass is 16.1. The van der Waals surface area contributed by atoms with Gasteiger partial charge in [0.15, 0.2) is 5.78 Å². The van der Waals surface area contributed by atoms with Crippen LogP contribution in [0.4, 0.5) is 0 Å². The molecular formula is C14H22O. The maximum Gasteiger partial charge on any atom is 0.152 e. The monoisotopic (exact) mass is 206 g/mol. The molecule has 0 fully saturated rings. The second-order valence-electron chi connectivity index (χ2n) is 3.93. The minimum Gasteiger partial charge on any atom is -0.295 e. The SMILES string of the molecule is CC/C(C)=C/CC/C(C)=C/C=C/C(C)=O. The Morgan fingerprint density at radius 2 is 1.80 bits per heavy atom. The average molecular weight is 206 g/mol. The van der Waals surface area contributed by atoms with Crippen LogP contribution in [-0.4, -0.2) is 5.78 Å². The molecule has 1 nitrogen and oxygen atoms in total. The van der Waals surface area contributed by atoms with Crippen molar-refractivity contribution in [3.8, 4) is 0 Å². The predicted molar refractivity (Wildman–Crippen MR) is 66.9 cm³/mol. The molecule has 0 rings (SSSR count). The largest absolute Gasteiger partial charge is 0.295 e. The minimum atomic E-state index is 0.0979. The second kappa shape index (κ2) is 8.22. The van der Waals surface area contributed by atoms with E-state index in [1.165, 1.54) is 11.1 Å². The molecule has 0 aromatic rings. The number of hydrogen-bond acceptors (Lipinski definition) is 1. The van der Waals surface area contributed by atoms with Crippen molar-refractivity contribution in [3.63, 3.8) is 0 Å². The number of ketones is 1. The Morgan fingerprint density at radius 1 is 1.13 bits per heavy atom. The summed E-state index contributed by atoms with van der Waals surface area (Å²) in [5.74, 6) is 0.0979. The van der Waals surface area contributed by atoms with Gasteiger partial charge in [-0.05, 0) is 46.1 Å². The zero-order valence-corrected chi connectivity index (χ0v) is 10.3. The molecule has 1 heteroatoms. The molecular weight excluding hydrogens is 184 g/mol. The van der Waals surface area contributed by atoms with Gasteiger partial charge in [-0.25, -0.2) is 0 Å². The van der Waals surface area contributed by atoms with Crippen LogP contribution in [0.1, 0.15) is 47.0 Å². The number of allylic oxidation sites excluding steroid dienone is 6. The van der Waals surface area contributed by atoms with E-state index in [2.05, 4.69) is 26.8 Å². The standard InChI is InChI=1S/C14H22O/c1-5-12(2)8-6-9-13(3)10-7-11-14(4)15/h7-8,10-11H,5-6,9H2,1-4H3/b11-7+,12-8+,13-10+. The summed E-state index contributed by atoms with van der Waals surface area (Å²) in [6.07, 6.45) is 11.0. The van der Waals surface area contributed by atoms with E-state index in [9.17, 15) is 4.79 Å². The lowest BCUT2D eigenvalue weighted by Gasteiger charge is -1.97. The molecule has 0 aliphatic rings. The van der Waals surface area contributed by atoms with Gasteiger partial charge in [0.25, 0.3) is 0 Å². The van der Waals surface area contributed by atoms with Gasteiger partial charge in [0, 0.05) is 0 Å². The summed E-state index contributed by atoms with van der Waals surface area (Å²) in [6.45, 7) is 7.99. The van der Waals surface area contributed by atoms with Crippen molar-refractivity contribution in [3.05, 3.63) is 35.5 Å². The smallest absolute Gasteiger partial charge is 0.152 e. The van der Waals surface area contributed by atoms with Gasteiger partial charge in [0.2, 0.25) is 0 Å². The van der Waals surface area contributed by atoms with Gasteiger partial charge in [-0.15, -0.1) is 0 Å². The summed E-state index contributed by atoms with van der Waals surface area (Å²) in [5.41, 5.74) is 2.76. The summed E-state index contributed by atoms with van der Waals surface area (Å²) in [5, 5.41) is 0. The lowest BCUT2D eigenvalue weighted by Crippen LogP contribution is -1.80. The number of carbonyl (C=O) groups excluding carboxylic acids is 1. The van der Waals surface area contributed by atoms with E-state index >= 15 is 0 Å². The highest BCUT2D eigenvalue weighted by Gasteiger charge is 1.88. The van der Waals surface area contributed by atoms with Crippen LogP contribution in [0.3, 0.4) is 0 Å². The van der Waals surface area contributed by atoms with Gasteiger partial charge in [0.05, 0.1) is 0 Å². The van der Waals surface area contributed by atoms with Crippen LogP contribution >= 0.6 is 0 Å². The molecule has 0 spiro atoms. The Hall–Kier alpha value is -1.11. The minimum absolute atomic E-state index is 0.0979. The fraction of sp³-hybridized carbons (Fsp3) is 0.500. The molecule has 15 heavy (non-hydrogen) atoms. The lowest BCUT2D eigenvalue weighted by atomic mass is 10.1. The first-order chi connectivity index (χ1) is 7.06. The molecule has 0 atom stereocenters. The molecule has 84 valence electrons. The lowest BCUT2D eigenvalue weighted by molar-refractivity contribution is -0.112. The van der Waals surface area contributed by atoms with Gasteiger partial charge in [-0.2, -0.15) is 0 Å². The van der Waals surface area contributed by atoms with E-state index in [1.807, 2.05) is 12.2 Å². The second-order valence-corrected chi connectivity index (χ2v) is 3.93. The summed E-state index contributed by atoms with van der Waals surface area (Å²) in [4.78, 5) is 10.6. The van der Waals surface area contributed by atoms with E-state index in [4.69, 9.17) is 0 Å². The fourth-order valence-corrected chi connectivity index (χ4v) is 1.12. The van der Waals surface area contributed by atoms with Crippen molar-refractivity contribution in [2.24, 2.45) is 0 Å². The number of carbonyl (C=O) groups is 1. The molecule has 0 aromatic heterocycles. The third kappa shape index (κ3) is 9.20. The van der Waals surface area contributed by atoms with Crippen LogP contribution in [0.15, 0.2) is 35.5 Å². The van der Waals surface area contributed by atoms with E-state index in [1.54, 1.807) is 13.0 Å². The van der Waals surface area contributed by atoms with Gasteiger partial charge in [-0.1, -0.05) is 36.3 Å². The van der Waals surface area contributed by atoms with Crippen LogP contribution in [0, 0.1) is 0 Å². The van der Waals surface area contributed by atoms with E-state index in [-0.39, 0.29) is 5.78 Å². The molecule has 0 N–H and O–H groups in total. The summed E-state index contributed by atoms with van der Waals surface area (Å²) >= 11 is 0. The first-order valence-electron chi connectivity index (χ1n) is 5.56. The maximum atomic E-state index is 10.6. The normalized spacial score (nSPS) is 13.6. The Labute approximate surface area is 93.6 Å². The van der Waals surface area contributed by atoms with Gasteiger partial charge >= 0.3 is 0 Å². The van der Waals surface area contributed by atoms with Crippen LogP contribution < -0.4 is 0 Å². The number of hydrogen-bond donors (Lipinski definition) is 0. The van der Waals surface area contributed by atoms with Crippen molar-refractivity contribution >= 4 is 5.78 Å². The van der Waals surface area contributed by atoms with E-state index in [0.717, 1.165) is 19.3 Å². The molecule has 0 aliphatic heterocycles. The van der Waals surface area contributed by atoms with Crippen LogP contribution in [0.25, 0.3) is 0 Å². The highest BCUT2D eigenvalue weighted by molar-refractivity contribution is 5.87. The van der Waals surface area contributed by atoms with Gasteiger partial charge in [-0.3, -0.25) is 4.79 Å². The Kier molecular flexibility index (Phi) is 7.61. The quantitative estimate of drug-likeness (QED) is 0.361. The summed E-state index contributed by atoms with van der Waals surface area (Å²) < 4.78 is 0. The van der Waals surface area contributed by atoms with Gasteiger partial charge < -0.3 is 0 Å². The van der Waals surface area contributed by atoms with Crippen molar-refractivity contribution in [1.29, 1.82) is 0 Å². The molecule has 0 aromatic carbocycles. The third-order valence-electron chi connectivity index (χ3n) is 2.30. The molecule has 0 radical (unpaired) electrons. The Bertz CT molecular complexity index is 280. The zero-order chi connectivity index (χ0) is 11.7. The van der Waals surface area contributed by atoms with Crippen LogP contribution in [-0.2, 0) is 4.79 Å². The fourth-order valence-electron chi connectivity index (χ4n) is 1.12. The van der Waals surface area contributed by atoms with Crippen LogP contribution in [0.5, 0.6) is 0 Å². The molecule has 0 saturated carbocycles. The molecule has 0 amide bonds. The third-order valence-corrected chi connectivity index (χ3v) is 2.30. The predicted octanol–water partition coefficient (Wildman–Crippen LogP) is 4.21. The van der Waals surface area contributed by atoms with Crippen molar-refractivity contribution in [2.45, 2.75) is 47.0 Å². The summed E-state index contributed by atoms with van der Waals surface area (Å²) in [6, 6.07) is 0. The molecule has 0 bridgehead atoms. The van der Waals surface area contributed by atoms with Crippen molar-refractivity contribution in [1.82, 2.24) is 0 Å². The summed E-state index contributed by atoms with van der Waals surface area (Å²) in [7, 11) is 0. The molecule has 0 unspecified atom stereocenters. The first-order valence-corrected chi connectivity index (χ1v) is 5.56. The van der Waals surface area contributed by atoms with E-state index in [0.29, 0.717) is 0 Å². The average Bonchev–Trinajstić information content (AvgIpc) is 2.17. The van der Waals surface area contributed by atoms with Gasteiger partial charge in [0.1, 0.15) is 0 Å². The molecule has 0 saturated heterocycles. The molecule has 0 aliphatic carbocycles. The van der Waals surface area contributed by atoms with Crippen molar-refractivity contribution in [2.75, 3.05) is 0 Å². The Morgan fingerprint density at radius 3 is 2.33 bits per heavy atom. The topological polar surface area (TPSA) is 17.1 Å². The van der Waals surface area contributed by atoms with E-state index < -0.39 is 0 Å².